The second kappa shape index (κ2) is 7.33. The van der Waals surface area contributed by atoms with Crippen molar-refractivity contribution >= 4 is 16.9 Å². The lowest BCUT2D eigenvalue weighted by atomic mass is 9.79. The highest BCUT2D eigenvalue weighted by molar-refractivity contribution is 5.92. The Hall–Kier alpha value is -2.94. The minimum atomic E-state index is -0.131. The van der Waals surface area contributed by atoms with E-state index in [9.17, 15) is 5.11 Å². The van der Waals surface area contributed by atoms with Crippen molar-refractivity contribution < 1.29 is 5.11 Å². The van der Waals surface area contributed by atoms with Crippen LogP contribution >= 0.6 is 0 Å². The molecule has 0 saturated heterocycles. The molecule has 0 atom stereocenters. The first-order valence-electron chi connectivity index (χ1n) is 11.1. The molecule has 31 heavy (non-hydrogen) atoms. The predicted octanol–water partition coefficient (Wildman–Crippen LogP) is 7.47. The Labute approximate surface area is 186 Å². The van der Waals surface area contributed by atoms with Gasteiger partial charge in [-0.3, -0.25) is 0 Å². The highest BCUT2D eigenvalue weighted by Gasteiger charge is 2.29. The van der Waals surface area contributed by atoms with Crippen LogP contribution in [0.5, 0.6) is 5.75 Å². The molecule has 0 aromatic heterocycles. The molecular formula is C28H34N2O. The topological polar surface area (TPSA) is 44.3 Å². The fraction of sp³-hybridized carbons (Fsp3) is 0.357. The molecule has 2 aromatic carbocycles. The van der Waals surface area contributed by atoms with Gasteiger partial charge in [0, 0.05) is 40.5 Å². The van der Waals surface area contributed by atoms with Crippen LogP contribution in [0, 0.1) is 0 Å². The molecule has 3 nitrogen and oxygen atoms in total. The third-order valence-electron chi connectivity index (χ3n) is 6.08. The first-order chi connectivity index (χ1) is 14.5. The zero-order valence-electron chi connectivity index (χ0n) is 19.6. The van der Waals surface area contributed by atoms with Crippen LogP contribution in [-0.4, -0.2) is 5.11 Å². The minimum absolute atomic E-state index is 0.0713. The Morgan fingerprint density at radius 3 is 2.23 bits per heavy atom. The van der Waals surface area contributed by atoms with E-state index in [1.54, 1.807) is 0 Å². The van der Waals surface area contributed by atoms with Gasteiger partial charge in [0.2, 0.25) is 0 Å². The van der Waals surface area contributed by atoms with Gasteiger partial charge in [0.05, 0.1) is 0 Å². The lowest BCUT2D eigenvalue weighted by Crippen LogP contribution is -2.19. The lowest BCUT2D eigenvalue weighted by molar-refractivity contribution is 0.445. The molecule has 0 amide bonds. The Balaban J connectivity index is 1.78. The van der Waals surface area contributed by atoms with Gasteiger partial charge in [0.1, 0.15) is 5.75 Å². The smallest absolute Gasteiger partial charge is 0.121 e. The second-order valence-corrected chi connectivity index (χ2v) is 10.7. The molecule has 162 valence electrons. The number of fused-ring (bicyclic) bond motifs is 1. The quantitative estimate of drug-likeness (QED) is 0.488. The normalized spacial score (nSPS) is 15.7. The van der Waals surface area contributed by atoms with E-state index >= 15 is 0 Å². The summed E-state index contributed by atoms with van der Waals surface area (Å²) in [4.78, 5) is 0. The van der Waals surface area contributed by atoms with Gasteiger partial charge in [-0.15, -0.1) is 0 Å². The fourth-order valence-corrected chi connectivity index (χ4v) is 4.18. The second-order valence-electron chi connectivity index (χ2n) is 10.7. The van der Waals surface area contributed by atoms with Crippen molar-refractivity contribution in [2.24, 2.45) is 0 Å². The number of hydrogen-bond acceptors (Lipinski definition) is 3. The lowest BCUT2D eigenvalue weighted by Gasteiger charge is -2.30. The van der Waals surface area contributed by atoms with Gasteiger partial charge < -0.3 is 15.7 Å². The number of para-hydroxylation sites is 1. The number of allylic oxidation sites excluding steroid dienone is 2. The largest absolute Gasteiger partial charge is 0.508 e. The van der Waals surface area contributed by atoms with Gasteiger partial charge in [0.15, 0.2) is 0 Å². The van der Waals surface area contributed by atoms with Crippen molar-refractivity contribution in [3.63, 3.8) is 0 Å². The maximum Gasteiger partial charge on any atom is 0.121 e. The number of benzene rings is 2. The minimum Gasteiger partial charge on any atom is -0.508 e. The molecular weight excluding hydrogens is 380 g/mol. The molecule has 2 aliphatic rings. The van der Waals surface area contributed by atoms with Gasteiger partial charge in [-0.05, 0) is 58.1 Å². The van der Waals surface area contributed by atoms with Crippen molar-refractivity contribution in [1.82, 2.24) is 0 Å². The monoisotopic (exact) mass is 414 g/mol. The molecule has 0 bridgehead atoms. The number of phenols is 1. The van der Waals surface area contributed by atoms with E-state index in [4.69, 9.17) is 0 Å². The maximum atomic E-state index is 10.9. The molecule has 3 heteroatoms. The van der Waals surface area contributed by atoms with Gasteiger partial charge in [0.25, 0.3) is 0 Å². The summed E-state index contributed by atoms with van der Waals surface area (Å²) >= 11 is 0. The van der Waals surface area contributed by atoms with Gasteiger partial charge >= 0.3 is 0 Å². The summed E-state index contributed by atoms with van der Waals surface area (Å²) in [7, 11) is 0. The summed E-state index contributed by atoms with van der Waals surface area (Å²) in [5.74, 6) is 0.336. The maximum absolute atomic E-state index is 10.9. The van der Waals surface area contributed by atoms with E-state index in [1.807, 2.05) is 18.2 Å². The molecule has 0 radical (unpaired) electrons. The molecule has 1 aliphatic carbocycles. The zero-order valence-corrected chi connectivity index (χ0v) is 19.6. The summed E-state index contributed by atoms with van der Waals surface area (Å²) in [5.41, 5.74) is 9.75. The standard InChI is InChI=1S/C28H34N2O/c1-17-19-10-8-9-11-23(19)29-16-20(17)26(18-12-13-18)30-24-15-25(31)22(28(5,6)7)14-21(24)27(2,3)4/h8-11,14-16,29-31H,1,12-13H2,2-7H3. The van der Waals surface area contributed by atoms with E-state index < -0.39 is 0 Å². The molecule has 2 aromatic rings. The number of aromatic hydroxyl groups is 1. The molecule has 3 N–H and O–H groups in total. The Morgan fingerprint density at radius 1 is 0.968 bits per heavy atom. The first kappa shape index (κ1) is 21.3. The van der Waals surface area contributed by atoms with Gasteiger partial charge in [-0.1, -0.05) is 66.3 Å². The summed E-state index contributed by atoms with van der Waals surface area (Å²) in [5, 5.41) is 18.0. The van der Waals surface area contributed by atoms with E-state index in [1.165, 1.54) is 11.1 Å². The average molecular weight is 415 g/mol. The molecule has 1 fully saturated rings. The summed E-state index contributed by atoms with van der Waals surface area (Å²) in [6.07, 6.45) is 4.23. The Bertz CT molecular complexity index is 1110. The van der Waals surface area contributed by atoms with Crippen LogP contribution in [0.3, 0.4) is 0 Å². The summed E-state index contributed by atoms with van der Waals surface area (Å²) in [6.45, 7) is 17.5. The first-order valence-corrected chi connectivity index (χ1v) is 11.1. The van der Waals surface area contributed by atoms with Crippen LogP contribution in [0.1, 0.15) is 71.1 Å². The summed E-state index contributed by atoms with van der Waals surface area (Å²) < 4.78 is 0. The van der Waals surface area contributed by atoms with Crippen LogP contribution in [-0.2, 0) is 10.8 Å². The third kappa shape index (κ3) is 4.14. The SMILES string of the molecule is C=C1C(C(Nc2cc(O)c(C(C)(C)C)cc2C(C)(C)C)=C2CC2)=CNc2ccccc21. The Kier molecular flexibility index (Phi) is 5.04. The molecule has 0 spiro atoms. The van der Waals surface area contributed by atoms with Crippen LogP contribution in [0.25, 0.3) is 5.57 Å². The van der Waals surface area contributed by atoms with Crippen molar-refractivity contribution in [1.29, 1.82) is 0 Å². The fourth-order valence-electron chi connectivity index (χ4n) is 4.18. The van der Waals surface area contributed by atoms with E-state index in [0.29, 0.717) is 5.75 Å². The number of hydrogen-bond donors (Lipinski definition) is 3. The van der Waals surface area contributed by atoms with Crippen molar-refractivity contribution in [2.45, 2.75) is 65.2 Å². The van der Waals surface area contributed by atoms with Gasteiger partial charge in [-0.25, -0.2) is 0 Å². The van der Waals surface area contributed by atoms with Crippen molar-refractivity contribution in [2.75, 3.05) is 10.6 Å². The van der Waals surface area contributed by atoms with Crippen molar-refractivity contribution in [3.8, 4) is 5.75 Å². The van der Waals surface area contributed by atoms with Crippen LogP contribution in [0.2, 0.25) is 0 Å². The highest BCUT2D eigenvalue weighted by atomic mass is 16.3. The van der Waals surface area contributed by atoms with Crippen LogP contribution < -0.4 is 10.6 Å². The average Bonchev–Trinajstić information content (AvgIpc) is 3.50. The van der Waals surface area contributed by atoms with E-state index in [-0.39, 0.29) is 10.8 Å². The summed E-state index contributed by atoms with van der Waals surface area (Å²) in [6, 6.07) is 12.3. The van der Waals surface area contributed by atoms with E-state index in [2.05, 4.69) is 83.2 Å². The molecule has 4 rings (SSSR count). The molecule has 0 unspecified atom stereocenters. The predicted molar refractivity (Wildman–Crippen MR) is 133 cm³/mol. The Morgan fingerprint density at radius 2 is 1.61 bits per heavy atom. The number of anilines is 2. The zero-order chi connectivity index (χ0) is 22.6. The molecule has 1 heterocycles. The third-order valence-corrected chi connectivity index (χ3v) is 6.08. The number of phenolic OH excluding ortho intramolecular Hbond substituents is 1. The van der Waals surface area contributed by atoms with Crippen molar-refractivity contribution in [3.05, 3.63) is 82.7 Å². The van der Waals surface area contributed by atoms with Crippen LogP contribution in [0.15, 0.2) is 66.0 Å². The molecule has 1 aliphatic heterocycles. The highest BCUT2D eigenvalue weighted by Crippen LogP contribution is 2.45. The number of nitrogens with one attached hydrogen (secondary N) is 2. The number of rotatable bonds is 3. The van der Waals surface area contributed by atoms with Crippen LogP contribution in [0.4, 0.5) is 11.4 Å². The van der Waals surface area contributed by atoms with Gasteiger partial charge in [-0.2, -0.15) is 0 Å². The molecule has 1 saturated carbocycles. The van der Waals surface area contributed by atoms with E-state index in [0.717, 1.165) is 52.2 Å².